The van der Waals surface area contributed by atoms with Crippen LogP contribution >= 0.6 is 0 Å². The molecule has 0 bridgehead atoms. The third kappa shape index (κ3) is 3.75. The highest BCUT2D eigenvalue weighted by atomic mass is 16.2. The van der Waals surface area contributed by atoms with Crippen molar-refractivity contribution >= 4 is 11.7 Å². The van der Waals surface area contributed by atoms with Gasteiger partial charge in [-0.05, 0) is 26.3 Å². The molecule has 0 saturated heterocycles. The van der Waals surface area contributed by atoms with Crippen LogP contribution < -0.4 is 11.1 Å². The van der Waals surface area contributed by atoms with Gasteiger partial charge in [-0.3, -0.25) is 9.59 Å². The number of ketones is 1. The van der Waals surface area contributed by atoms with E-state index in [0.29, 0.717) is 0 Å². The first-order valence-corrected chi connectivity index (χ1v) is 3.65. The number of rotatable bonds is 3. The Labute approximate surface area is 71.8 Å². The number of amides is 1. The largest absolute Gasteiger partial charge is 0.394 e. The summed E-state index contributed by atoms with van der Waals surface area (Å²) in [5.74, 6) is -0.477. The van der Waals surface area contributed by atoms with Gasteiger partial charge < -0.3 is 11.1 Å². The van der Waals surface area contributed by atoms with E-state index in [0.717, 1.165) is 5.57 Å². The lowest BCUT2D eigenvalue weighted by Crippen LogP contribution is -2.32. The van der Waals surface area contributed by atoms with Crippen molar-refractivity contribution in [3.63, 3.8) is 0 Å². The molecule has 68 valence electrons. The Morgan fingerprint density at radius 2 is 1.75 bits per heavy atom. The van der Waals surface area contributed by atoms with E-state index in [1.54, 1.807) is 13.8 Å². The Hall–Kier alpha value is -1.32. The summed E-state index contributed by atoms with van der Waals surface area (Å²) in [6, 6.07) is 0. The number of hydrogen-bond acceptors (Lipinski definition) is 3. The number of nitrogens with two attached hydrogens (primary N) is 1. The van der Waals surface area contributed by atoms with Gasteiger partial charge in [-0.1, -0.05) is 0 Å². The molecule has 0 radical (unpaired) electrons. The molecule has 0 aliphatic heterocycles. The zero-order chi connectivity index (χ0) is 9.72. The lowest BCUT2D eigenvalue weighted by Gasteiger charge is -2.03. The highest BCUT2D eigenvalue weighted by molar-refractivity contribution is 5.95. The Kier molecular flexibility index (Phi) is 4.04. The van der Waals surface area contributed by atoms with E-state index in [4.69, 9.17) is 5.73 Å². The maximum Gasteiger partial charge on any atom is 0.267 e. The maximum atomic E-state index is 11.0. The number of Topliss-reactive ketones (excluding diaryl/α,β-unsaturated/α-hetero) is 1. The quantitative estimate of drug-likeness (QED) is 0.583. The Morgan fingerprint density at radius 1 is 1.25 bits per heavy atom. The zero-order valence-corrected chi connectivity index (χ0v) is 7.60. The molecule has 4 nitrogen and oxygen atoms in total. The smallest absolute Gasteiger partial charge is 0.267 e. The molecular weight excluding hydrogens is 156 g/mol. The fourth-order valence-electron chi connectivity index (χ4n) is 0.527. The molecule has 1 amide bonds. The summed E-state index contributed by atoms with van der Waals surface area (Å²) in [5.41, 5.74) is 6.33. The minimum Gasteiger partial charge on any atom is -0.394 e. The monoisotopic (exact) mass is 170 g/mol. The molecule has 0 atom stereocenters. The number of carbonyl (C=O) groups is 2. The molecular formula is C8H14N2O2. The highest BCUT2D eigenvalue weighted by Gasteiger charge is 2.05. The van der Waals surface area contributed by atoms with Crippen LogP contribution in [0, 0.1) is 0 Å². The maximum absolute atomic E-state index is 11.0. The van der Waals surface area contributed by atoms with Gasteiger partial charge in [-0.2, -0.15) is 0 Å². The van der Waals surface area contributed by atoms with Gasteiger partial charge in [0, 0.05) is 0 Å². The third-order valence-electron chi connectivity index (χ3n) is 1.28. The van der Waals surface area contributed by atoms with E-state index >= 15 is 0 Å². The number of carbonyl (C=O) groups excluding carboxylic acids is 2. The minimum absolute atomic E-state index is 0.0345. The van der Waals surface area contributed by atoms with Crippen molar-refractivity contribution in [1.82, 2.24) is 5.32 Å². The summed E-state index contributed by atoms with van der Waals surface area (Å²) in [6.07, 6.45) is 0. The second kappa shape index (κ2) is 4.54. The molecule has 4 heteroatoms. The lowest BCUT2D eigenvalue weighted by atomic mass is 10.2. The highest BCUT2D eigenvalue weighted by Crippen LogP contribution is 1.94. The Bertz CT molecular complexity index is 227. The number of allylic oxidation sites excluding steroid dienone is 1. The topological polar surface area (TPSA) is 72.2 Å². The van der Waals surface area contributed by atoms with E-state index in [9.17, 15) is 9.59 Å². The summed E-state index contributed by atoms with van der Waals surface area (Å²) >= 11 is 0. The molecule has 0 rings (SSSR count). The van der Waals surface area contributed by atoms with E-state index < -0.39 is 0 Å². The minimum atomic E-state index is -0.384. The van der Waals surface area contributed by atoms with Crippen LogP contribution in [-0.4, -0.2) is 18.2 Å². The first-order valence-electron chi connectivity index (χ1n) is 3.65. The second-order valence-electron chi connectivity index (χ2n) is 2.80. The van der Waals surface area contributed by atoms with Crippen LogP contribution in [0.15, 0.2) is 11.3 Å². The molecule has 0 fully saturated rings. The molecule has 0 aromatic heterocycles. The van der Waals surface area contributed by atoms with Crippen LogP contribution in [0.2, 0.25) is 0 Å². The van der Waals surface area contributed by atoms with Crippen LogP contribution in [0.1, 0.15) is 20.8 Å². The van der Waals surface area contributed by atoms with Crippen molar-refractivity contribution in [1.29, 1.82) is 0 Å². The van der Waals surface area contributed by atoms with Gasteiger partial charge in [0.05, 0.1) is 12.2 Å². The number of nitrogens with one attached hydrogen (secondary N) is 1. The molecule has 12 heavy (non-hydrogen) atoms. The average molecular weight is 170 g/mol. The third-order valence-corrected chi connectivity index (χ3v) is 1.28. The molecule has 0 spiro atoms. The molecule has 0 aromatic carbocycles. The van der Waals surface area contributed by atoms with Crippen molar-refractivity contribution < 1.29 is 9.59 Å². The molecule has 0 aromatic rings. The summed E-state index contributed by atoms with van der Waals surface area (Å²) < 4.78 is 0. The van der Waals surface area contributed by atoms with Crippen molar-refractivity contribution in [3.8, 4) is 0 Å². The van der Waals surface area contributed by atoms with E-state index in [-0.39, 0.29) is 23.9 Å². The van der Waals surface area contributed by atoms with Gasteiger partial charge in [0.25, 0.3) is 5.91 Å². The molecule has 0 aliphatic rings. The van der Waals surface area contributed by atoms with Gasteiger partial charge in [0.1, 0.15) is 5.78 Å². The predicted molar refractivity (Wildman–Crippen MR) is 46.3 cm³/mol. The first kappa shape index (κ1) is 10.7. The second-order valence-corrected chi connectivity index (χ2v) is 2.80. The normalized spacial score (nSPS) is 8.92. The van der Waals surface area contributed by atoms with Crippen LogP contribution in [0.5, 0.6) is 0 Å². The van der Waals surface area contributed by atoms with E-state index in [1.807, 2.05) is 0 Å². The summed E-state index contributed by atoms with van der Waals surface area (Å²) in [7, 11) is 0. The van der Waals surface area contributed by atoms with Gasteiger partial charge in [-0.15, -0.1) is 0 Å². The first-order chi connectivity index (χ1) is 5.45. The van der Waals surface area contributed by atoms with Crippen molar-refractivity contribution in [2.45, 2.75) is 20.8 Å². The van der Waals surface area contributed by atoms with Gasteiger partial charge in [-0.25, -0.2) is 0 Å². The summed E-state index contributed by atoms with van der Waals surface area (Å²) in [5, 5.41) is 2.39. The molecule has 0 heterocycles. The van der Waals surface area contributed by atoms with Gasteiger partial charge >= 0.3 is 0 Å². The Balaban J connectivity index is 4.07. The van der Waals surface area contributed by atoms with Crippen LogP contribution in [0.3, 0.4) is 0 Å². The fraction of sp³-hybridized carbons (Fsp3) is 0.500. The predicted octanol–water partition coefficient (Wildman–Crippen LogP) is -0.0558. The summed E-state index contributed by atoms with van der Waals surface area (Å²) in [4.78, 5) is 21.5. The van der Waals surface area contributed by atoms with Crippen LogP contribution in [-0.2, 0) is 9.59 Å². The van der Waals surface area contributed by atoms with Crippen molar-refractivity contribution in [2.24, 2.45) is 5.73 Å². The number of hydrogen-bond donors (Lipinski definition) is 2. The SMILES string of the molecule is CC(=O)CNC(=O)C(N)=C(C)C. The molecule has 3 N–H and O–H groups in total. The van der Waals surface area contributed by atoms with Crippen LogP contribution in [0.25, 0.3) is 0 Å². The van der Waals surface area contributed by atoms with Crippen molar-refractivity contribution in [2.75, 3.05) is 6.54 Å². The zero-order valence-electron chi connectivity index (χ0n) is 7.60. The standard InChI is InChI=1S/C8H14N2O2/c1-5(2)7(9)8(12)10-4-6(3)11/h4,9H2,1-3H3,(H,10,12). The van der Waals surface area contributed by atoms with Gasteiger partial charge in [0.2, 0.25) is 0 Å². The molecule has 0 unspecified atom stereocenters. The lowest BCUT2D eigenvalue weighted by molar-refractivity contribution is -0.122. The average Bonchev–Trinajstić information content (AvgIpc) is 1.98. The molecule has 0 saturated carbocycles. The Morgan fingerprint density at radius 3 is 2.08 bits per heavy atom. The molecule has 0 aliphatic carbocycles. The summed E-state index contributed by atoms with van der Waals surface area (Å²) in [6.45, 7) is 4.91. The fourth-order valence-corrected chi connectivity index (χ4v) is 0.527. The van der Waals surface area contributed by atoms with E-state index in [1.165, 1.54) is 6.92 Å². The van der Waals surface area contributed by atoms with Gasteiger partial charge in [0.15, 0.2) is 0 Å². The van der Waals surface area contributed by atoms with Crippen molar-refractivity contribution in [3.05, 3.63) is 11.3 Å². The van der Waals surface area contributed by atoms with E-state index in [2.05, 4.69) is 5.32 Å². The van der Waals surface area contributed by atoms with Crippen LogP contribution in [0.4, 0.5) is 0 Å².